The third kappa shape index (κ3) is 2.81. The van der Waals surface area contributed by atoms with Crippen molar-refractivity contribution in [2.45, 2.75) is 6.42 Å². The third-order valence-corrected chi connectivity index (χ3v) is 2.59. The highest BCUT2D eigenvalue weighted by Crippen LogP contribution is 2.17. The van der Waals surface area contributed by atoms with E-state index >= 15 is 0 Å². The van der Waals surface area contributed by atoms with Gasteiger partial charge in [-0.2, -0.15) is 0 Å². The molecule has 2 aromatic rings. The SMILES string of the molecule is O=C(Cc1cccc(F)c1)c1ccc(F)c(F)c1F. The van der Waals surface area contributed by atoms with Gasteiger partial charge in [-0.1, -0.05) is 12.1 Å². The molecule has 0 aliphatic carbocycles. The quantitative estimate of drug-likeness (QED) is 0.471. The van der Waals surface area contributed by atoms with Gasteiger partial charge >= 0.3 is 0 Å². The molecule has 0 amide bonds. The Morgan fingerprint density at radius 3 is 2.37 bits per heavy atom. The molecule has 0 saturated heterocycles. The lowest BCUT2D eigenvalue weighted by Gasteiger charge is -2.04. The molecule has 0 unspecified atom stereocenters. The van der Waals surface area contributed by atoms with Crippen molar-refractivity contribution in [1.82, 2.24) is 0 Å². The van der Waals surface area contributed by atoms with E-state index in [1.165, 1.54) is 18.2 Å². The molecule has 2 aromatic carbocycles. The standard InChI is InChI=1S/C14H8F4O/c15-9-3-1-2-8(6-9)7-12(19)10-4-5-11(16)14(18)13(10)17/h1-6H,7H2. The van der Waals surface area contributed by atoms with Crippen LogP contribution in [0.1, 0.15) is 15.9 Å². The van der Waals surface area contributed by atoms with Gasteiger partial charge in [-0.3, -0.25) is 4.79 Å². The van der Waals surface area contributed by atoms with Crippen LogP contribution in [-0.4, -0.2) is 5.78 Å². The van der Waals surface area contributed by atoms with Gasteiger partial charge in [0, 0.05) is 6.42 Å². The number of halogens is 4. The molecule has 2 rings (SSSR count). The van der Waals surface area contributed by atoms with Crippen LogP contribution in [0, 0.1) is 23.3 Å². The molecule has 0 fully saturated rings. The highest BCUT2D eigenvalue weighted by atomic mass is 19.2. The third-order valence-electron chi connectivity index (χ3n) is 2.59. The second kappa shape index (κ2) is 5.22. The van der Waals surface area contributed by atoms with Gasteiger partial charge in [0.05, 0.1) is 5.56 Å². The number of carbonyl (C=O) groups is 1. The van der Waals surface area contributed by atoms with Crippen molar-refractivity contribution in [3.63, 3.8) is 0 Å². The smallest absolute Gasteiger partial charge is 0.195 e. The predicted octanol–water partition coefficient (Wildman–Crippen LogP) is 3.67. The van der Waals surface area contributed by atoms with E-state index in [0.717, 1.165) is 12.1 Å². The summed E-state index contributed by atoms with van der Waals surface area (Å²) in [5.41, 5.74) is -0.225. The van der Waals surface area contributed by atoms with E-state index in [4.69, 9.17) is 0 Å². The van der Waals surface area contributed by atoms with E-state index in [1.54, 1.807) is 0 Å². The zero-order valence-electron chi connectivity index (χ0n) is 9.59. The van der Waals surface area contributed by atoms with E-state index in [9.17, 15) is 22.4 Å². The van der Waals surface area contributed by atoms with Crippen molar-refractivity contribution in [2.24, 2.45) is 0 Å². The second-order valence-electron chi connectivity index (χ2n) is 3.95. The molecule has 0 heterocycles. The van der Waals surface area contributed by atoms with Gasteiger partial charge in [0.2, 0.25) is 0 Å². The van der Waals surface area contributed by atoms with Crippen molar-refractivity contribution in [3.05, 3.63) is 70.8 Å². The monoisotopic (exact) mass is 268 g/mol. The fraction of sp³-hybridized carbons (Fsp3) is 0.0714. The van der Waals surface area contributed by atoms with Crippen molar-refractivity contribution in [3.8, 4) is 0 Å². The summed E-state index contributed by atoms with van der Waals surface area (Å²) in [5, 5.41) is 0. The first kappa shape index (κ1) is 13.3. The van der Waals surface area contributed by atoms with Crippen LogP contribution >= 0.6 is 0 Å². The summed E-state index contributed by atoms with van der Waals surface area (Å²) in [4.78, 5) is 11.8. The van der Waals surface area contributed by atoms with E-state index in [1.807, 2.05) is 0 Å². The summed E-state index contributed by atoms with van der Waals surface area (Å²) in [7, 11) is 0. The van der Waals surface area contributed by atoms with Gasteiger partial charge < -0.3 is 0 Å². The highest BCUT2D eigenvalue weighted by Gasteiger charge is 2.18. The molecule has 98 valence electrons. The second-order valence-corrected chi connectivity index (χ2v) is 3.95. The summed E-state index contributed by atoms with van der Waals surface area (Å²) in [6.45, 7) is 0. The van der Waals surface area contributed by atoms with Crippen molar-refractivity contribution in [2.75, 3.05) is 0 Å². The van der Waals surface area contributed by atoms with Crippen LogP contribution in [0.25, 0.3) is 0 Å². The Labute approximate surface area is 106 Å². The minimum Gasteiger partial charge on any atom is -0.294 e. The summed E-state index contributed by atoms with van der Waals surface area (Å²) < 4.78 is 52.0. The molecular formula is C14H8F4O. The molecule has 0 N–H and O–H groups in total. The molecule has 0 aliphatic heterocycles. The van der Waals surface area contributed by atoms with Crippen LogP contribution in [0.4, 0.5) is 17.6 Å². The van der Waals surface area contributed by atoms with E-state index in [0.29, 0.717) is 11.6 Å². The molecule has 0 saturated carbocycles. The molecule has 0 atom stereocenters. The Kier molecular flexibility index (Phi) is 3.64. The van der Waals surface area contributed by atoms with Gasteiger partial charge in [0.1, 0.15) is 5.82 Å². The number of hydrogen-bond donors (Lipinski definition) is 0. The van der Waals surface area contributed by atoms with Gasteiger partial charge in [0.15, 0.2) is 23.2 Å². The highest BCUT2D eigenvalue weighted by molar-refractivity contribution is 5.97. The summed E-state index contributed by atoms with van der Waals surface area (Å²) in [5.74, 6) is -5.86. The molecule has 0 aromatic heterocycles. The lowest BCUT2D eigenvalue weighted by atomic mass is 10.0. The molecular weight excluding hydrogens is 260 g/mol. The summed E-state index contributed by atoms with van der Waals surface area (Å²) in [6, 6.07) is 6.76. The first-order valence-corrected chi connectivity index (χ1v) is 5.40. The zero-order valence-corrected chi connectivity index (χ0v) is 9.59. The van der Waals surface area contributed by atoms with Crippen LogP contribution in [-0.2, 0) is 6.42 Å². The Morgan fingerprint density at radius 1 is 0.947 bits per heavy atom. The Morgan fingerprint density at radius 2 is 1.68 bits per heavy atom. The Hall–Kier alpha value is -2.17. The van der Waals surface area contributed by atoms with Crippen LogP contribution in [0.15, 0.2) is 36.4 Å². The fourth-order valence-corrected chi connectivity index (χ4v) is 1.67. The first-order chi connectivity index (χ1) is 8.99. The van der Waals surface area contributed by atoms with Gasteiger partial charge in [-0.15, -0.1) is 0 Å². The molecule has 19 heavy (non-hydrogen) atoms. The van der Waals surface area contributed by atoms with Gasteiger partial charge in [-0.05, 0) is 29.8 Å². The van der Waals surface area contributed by atoms with Gasteiger partial charge in [0.25, 0.3) is 0 Å². The molecule has 5 heteroatoms. The summed E-state index contributed by atoms with van der Waals surface area (Å²) in [6.07, 6.45) is -0.292. The van der Waals surface area contributed by atoms with Crippen LogP contribution in [0.5, 0.6) is 0 Å². The summed E-state index contributed by atoms with van der Waals surface area (Å²) >= 11 is 0. The number of Topliss-reactive ketones (excluding diaryl/α,β-unsaturated/α-hetero) is 1. The maximum atomic E-state index is 13.4. The lowest BCUT2D eigenvalue weighted by Crippen LogP contribution is -2.08. The van der Waals surface area contributed by atoms with E-state index in [2.05, 4.69) is 0 Å². The first-order valence-electron chi connectivity index (χ1n) is 5.40. The molecule has 0 spiro atoms. The molecule has 0 radical (unpaired) electrons. The topological polar surface area (TPSA) is 17.1 Å². The maximum Gasteiger partial charge on any atom is 0.195 e. The Bertz CT molecular complexity index is 637. The number of rotatable bonds is 3. The average Bonchev–Trinajstić information content (AvgIpc) is 2.36. The van der Waals surface area contributed by atoms with E-state index in [-0.39, 0.29) is 6.42 Å². The number of carbonyl (C=O) groups excluding carboxylic acids is 1. The zero-order chi connectivity index (χ0) is 14.0. The predicted molar refractivity (Wildman–Crippen MR) is 60.8 cm³/mol. The normalized spacial score (nSPS) is 10.5. The minimum absolute atomic E-state index is 0.292. The average molecular weight is 268 g/mol. The molecule has 0 aliphatic rings. The Balaban J connectivity index is 2.28. The van der Waals surface area contributed by atoms with Crippen LogP contribution < -0.4 is 0 Å². The lowest BCUT2D eigenvalue weighted by molar-refractivity contribution is 0.0988. The minimum atomic E-state index is -1.69. The fourth-order valence-electron chi connectivity index (χ4n) is 1.67. The van der Waals surface area contributed by atoms with Crippen molar-refractivity contribution in [1.29, 1.82) is 0 Å². The number of ketones is 1. The van der Waals surface area contributed by atoms with E-state index < -0.39 is 34.6 Å². The largest absolute Gasteiger partial charge is 0.294 e. The van der Waals surface area contributed by atoms with Gasteiger partial charge in [-0.25, -0.2) is 17.6 Å². The van der Waals surface area contributed by atoms with Crippen LogP contribution in [0.2, 0.25) is 0 Å². The molecule has 0 bridgehead atoms. The van der Waals surface area contributed by atoms with Crippen LogP contribution in [0.3, 0.4) is 0 Å². The van der Waals surface area contributed by atoms with Crippen molar-refractivity contribution >= 4 is 5.78 Å². The molecule has 1 nitrogen and oxygen atoms in total. The van der Waals surface area contributed by atoms with Crippen molar-refractivity contribution < 1.29 is 22.4 Å². The maximum absolute atomic E-state index is 13.4. The number of hydrogen-bond acceptors (Lipinski definition) is 1. The number of benzene rings is 2.